The smallest absolute Gasteiger partial charge is 0.159 e. The second-order valence-corrected chi connectivity index (χ2v) is 3.11. The maximum atomic E-state index is 10.8. The van der Waals surface area contributed by atoms with E-state index in [0.29, 0.717) is 17.9 Å². The Balaban J connectivity index is 3.10. The van der Waals surface area contributed by atoms with Gasteiger partial charge in [-0.1, -0.05) is 0 Å². The van der Waals surface area contributed by atoms with Crippen LogP contribution in [-0.4, -0.2) is 37.3 Å². The molecule has 11 heavy (non-hydrogen) atoms. The average Bonchev–Trinajstić information content (AvgIpc) is 1.99. The van der Waals surface area contributed by atoms with Crippen LogP contribution < -0.4 is 0 Å². The van der Waals surface area contributed by atoms with Crippen molar-refractivity contribution in [1.82, 2.24) is 0 Å². The Morgan fingerprint density at radius 2 is 2.36 bits per heavy atom. The van der Waals surface area contributed by atoms with Gasteiger partial charge in [0.15, 0.2) is 5.78 Å². The molecule has 64 valence electrons. The summed E-state index contributed by atoms with van der Waals surface area (Å²) < 4.78 is 4.63. The first-order valence-corrected chi connectivity index (χ1v) is 4.48. The molecular weight excluding hydrogens is 164 g/mol. The second-order valence-electron chi connectivity index (χ2n) is 1.96. The molecule has 0 fully saturated rings. The zero-order chi connectivity index (χ0) is 8.53. The molecule has 0 unspecified atom stereocenters. The first-order valence-electron chi connectivity index (χ1n) is 3.33. The first kappa shape index (κ1) is 10.7. The van der Waals surface area contributed by atoms with E-state index >= 15 is 0 Å². The van der Waals surface area contributed by atoms with E-state index in [-0.39, 0.29) is 12.4 Å². The summed E-state index contributed by atoms with van der Waals surface area (Å²) in [6.07, 6.45) is 1.33. The fourth-order valence-corrected chi connectivity index (χ4v) is 1.19. The summed E-state index contributed by atoms with van der Waals surface area (Å²) in [5.74, 6) is 1.27. The minimum Gasteiger partial charge on any atom is -0.377 e. The molecule has 0 saturated carbocycles. The molecule has 0 aliphatic rings. The lowest BCUT2D eigenvalue weighted by Gasteiger charge is -1.96. The Hall–Kier alpha value is -0.350. The van der Waals surface area contributed by atoms with Gasteiger partial charge in [-0.15, -0.1) is 0 Å². The summed E-state index contributed by atoms with van der Waals surface area (Å²) in [6, 6.07) is 0. The monoisotopic (exact) mass is 176 g/mol. The Kier molecular flexibility index (Phi) is 7.51. The number of aldehydes is 1. The largest absolute Gasteiger partial charge is 0.377 e. The molecule has 0 rings (SSSR count). The molecule has 0 aliphatic heterocycles. The van der Waals surface area contributed by atoms with Crippen LogP contribution in [0.3, 0.4) is 0 Å². The molecule has 0 atom stereocenters. The van der Waals surface area contributed by atoms with E-state index in [2.05, 4.69) is 4.74 Å². The number of hydrogen-bond acceptors (Lipinski definition) is 4. The molecule has 0 heterocycles. The van der Waals surface area contributed by atoms with Crippen LogP contribution in [-0.2, 0) is 14.3 Å². The first-order chi connectivity index (χ1) is 5.31. The Morgan fingerprint density at radius 3 is 2.91 bits per heavy atom. The van der Waals surface area contributed by atoms with E-state index in [0.717, 1.165) is 6.29 Å². The summed E-state index contributed by atoms with van der Waals surface area (Å²) in [5, 5.41) is 0. The molecule has 0 aliphatic carbocycles. The van der Waals surface area contributed by atoms with Crippen LogP contribution in [0.25, 0.3) is 0 Å². The molecule has 0 aromatic carbocycles. The number of carbonyl (C=O) groups excluding carboxylic acids is 2. The van der Waals surface area contributed by atoms with E-state index < -0.39 is 0 Å². The Morgan fingerprint density at radius 1 is 1.64 bits per heavy atom. The van der Waals surface area contributed by atoms with Gasteiger partial charge in [-0.2, -0.15) is 11.8 Å². The van der Waals surface area contributed by atoms with Crippen LogP contribution in [0.4, 0.5) is 0 Å². The van der Waals surface area contributed by atoms with E-state index in [9.17, 15) is 9.59 Å². The van der Waals surface area contributed by atoms with Crippen LogP contribution in [0.1, 0.15) is 6.42 Å². The van der Waals surface area contributed by atoms with Gasteiger partial charge in [-0.3, -0.25) is 4.79 Å². The third kappa shape index (κ3) is 7.55. The highest BCUT2D eigenvalue weighted by Crippen LogP contribution is 2.00. The van der Waals surface area contributed by atoms with Crippen LogP contribution in [0.5, 0.6) is 0 Å². The Labute approximate surface area is 70.5 Å². The second kappa shape index (κ2) is 7.75. The van der Waals surface area contributed by atoms with Crippen LogP contribution in [0, 0.1) is 0 Å². The molecule has 4 heteroatoms. The highest BCUT2D eigenvalue weighted by Gasteiger charge is 1.99. The molecule has 0 amide bonds. The summed E-state index contributed by atoms with van der Waals surface area (Å²) in [6.45, 7) is 0.182. The predicted octanol–water partition coefficient (Wildman–Crippen LogP) is 0.524. The van der Waals surface area contributed by atoms with Crippen molar-refractivity contribution < 1.29 is 14.3 Å². The van der Waals surface area contributed by atoms with Gasteiger partial charge in [0, 0.05) is 25.0 Å². The molecule has 3 nitrogen and oxygen atoms in total. The number of ether oxygens (including phenoxy) is 1. The fourth-order valence-electron chi connectivity index (χ4n) is 0.551. The van der Waals surface area contributed by atoms with Crippen molar-refractivity contribution in [2.45, 2.75) is 6.42 Å². The van der Waals surface area contributed by atoms with Crippen molar-refractivity contribution in [3.8, 4) is 0 Å². The number of rotatable bonds is 7. The molecule has 0 spiro atoms. The quantitative estimate of drug-likeness (QED) is 0.419. The molecule has 0 saturated heterocycles. The van der Waals surface area contributed by atoms with Gasteiger partial charge < -0.3 is 9.53 Å². The van der Waals surface area contributed by atoms with Gasteiger partial charge in [0.2, 0.25) is 0 Å². The van der Waals surface area contributed by atoms with Crippen LogP contribution >= 0.6 is 11.8 Å². The third-order valence-electron chi connectivity index (χ3n) is 1.02. The van der Waals surface area contributed by atoms with Gasteiger partial charge in [-0.25, -0.2) is 0 Å². The van der Waals surface area contributed by atoms with Crippen molar-refractivity contribution >= 4 is 23.8 Å². The lowest BCUT2D eigenvalue weighted by molar-refractivity contribution is -0.122. The van der Waals surface area contributed by atoms with E-state index in [1.165, 1.54) is 18.9 Å². The third-order valence-corrected chi connectivity index (χ3v) is 1.88. The number of thioether (sulfide) groups is 1. The molecule has 0 aromatic heterocycles. The van der Waals surface area contributed by atoms with Gasteiger partial charge in [0.1, 0.15) is 12.9 Å². The minimum absolute atomic E-state index is 0.0888. The summed E-state index contributed by atoms with van der Waals surface area (Å²) in [4.78, 5) is 20.6. The number of methoxy groups -OCH3 is 1. The lowest BCUT2D eigenvalue weighted by atomic mass is 10.3. The molecule has 0 radical (unpaired) electrons. The highest BCUT2D eigenvalue weighted by molar-refractivity contribution is 7.99. The molecule has 0 N–H and O–H groups in total. The number of Topliss-reactive ketones (excluding diaryl/α,β-unsaturated/α-hetero) is 1. The Bertz CT molecular complexity index is 125. The minimum atomic E-state index is 0.0888. The topological polar surface area (TPSA) is 43.4 Å². The standard InChI is InChI=1S/C7H12O3S/c1-10-6-7(9)2-4-11-5-3-8/h3H,2,4-6H2,1H3. The van der Waals surface area contributed by atoms with Crippen molar-refractivity contribution in [1.29, 1.82) is 0 Å². The van der Waals surface area contributed by atoms with Crippen molar-refractivity contribution in [2.75, 3.05) is 25.2 Å². The van der Waals surface area contributed by atoms with Gasteiger partial charge in [0.25, 0.3) is 0 Å². The van der Waals surface area contributed by atoms with E-state index in [1.807, 2.05) is 0 Å². The van der Waals surface area contributed by atoms with E-state index in [1.54, 1.807) is 0 Å². The highest BCUT2D eigenvalue weighted by atomic mass is 32.2. The number of hydrogen-bond donors (Lipinski definition) is 0. The van der Waals surface area contributed by atoms with Crippen LogP contribution in [0.15, 0.2) is 0 Å². The summed E-state index contributed by atoms with van der Waals surface area (Å²) in [7, 11) is 1.50. The average molecular weight is 176 g/mol. The molecule has 0 bridgehead atoms. The lowest BCUT2D eigenvalue weighted by Crippen LogP contribution is -2.07. The molecular formula is C7H12O3S. The van der Waals surface area contributed by atoms with E-state index in [4.69, 9.17) is 0 Å². The fraction of sp³-hybridized carbons (Fsp3) is 0.714. The SMILES string of the molecule is COCC(=O)CCSCC=O. The number of carbonyl (C=O) groups is 2. The number of ketones is 1. The predicted molar refractivity (Wildman–Crippen MR) is 44.9 cm³/mol. The van der Waals surface area contributed by atoms with Crippen molar-refractivity contribution in [3.63, 3.8) is 0 Å². The van der Waals surface area contributed by atoms with Crippen molar-refractivity contribution in [3.05, 3.63) is 0 Å². The van der Waals surface area contributed by atoms with Crippen molar-refractivity contribution in [2.24, 2.45) is 0 Å². The maximum absolute atomic E-state index is 10.8. The van der Waals surface area contributed by atoms with Gasteiger partial charge in [-0.05, 0) is 0 Å². The van der Waals surface area contributed by atoms with Gasteiger partial charge in [0.05, 0.1) is 0 Å². The zero-order valence-corrected chi connectivity index (χ0v) is 7.36. The maximum Gasteiger partial charge on any atom is 0.159 e. The normalized spacial score (nSPS) is 9.55. The zero-order valence-electron chi connectivity index (χ0n) is 6.54. The molecule has 0 aromatic rings. The van der Waals surface area contributed by atoms with Crippen LogP contribution in [0.2, 0.25) is 0 Å². The summed E-state index contributed by atoms with van der Waals surface area (Å²) in [5.41, 5.74) is 0. The summed E-state index contributed by atoms with van der Waals surface area (Å²) >= 11 is 1.46. The van der Waals surface area contributed by atoms with Gasteiger partial charge >= 0.3 is 0 Å².